The predicted molar refractivity (Wildman–Crippen MR) is 79.1 cm³/mol. The lowest BCUT2D eigenvalue weighted by Gasteiger charge is -2.04. The minimum absolute atomic E-state index is 0.178. The highest BCUT2D eigenvalue weighted by Gasteiger charge is 2.09. The first-order valence-corrected chi connectivity index (χ1v) is 6.53. The second-order valence-corrected chi connectivity index (χ2v) is 4.58. The van der Waals surface area contributed by atoms with E-state index in [1.54, 1.807) is 6.07 Å². The Balaban J connectivity index is 2.72. The molecule has 2 N–H and O–H groups in total. The maximum atomic E-state index is 11.5. The Hall–Kier alpha value is -1.62. The molecule has 94 valence electrons. The Kier molecular flexibility index (Phi) is 6.14. The quantitative estimate of drug-likeness (QED) is 0.482. The summed E-state index contributed by atoms with van der Waals surface area (Å²) in [6.07, 6.45) is 0.814. The van der Waals surface area contributed by atoms with Gasteiger partial charge >= 0.3 is 0 Å². The molecule has 0 aliphatic carbocycles. The van der Waals surface area contributed by atoms with Gasteiger partial charge in [0, 0.05) is 10.1 Å². The van der Waals surface area contributed by atoms with Crippen LogP contribution in [0, 0.1) is 14.9 Å². The highest BCUT2D eigenvalue weighted by molar-refractivity contribution is 14.1. The molecule has 0 radical (unpaired) electrons. The smallest absolute Gasteiger partial charge is 0.282 e. The Labute approximate surface area is 119 Å². The molecule has 1 rings (SSSR count). The van der Waals surface area contributed by atoms with Crippen LogP contribution in [-0.2, 0) is 4.79 Å². The average molecular weight is 356 g/mol. The highest BCUT2D eigenvalue weighted by Crippen LogP contribution is 2.16. The molecule has 0 fully saturated rings. The third-order valence-corrected chi connectivity index (χ3v) is 2.96. The van der Waals surface area contributed by atoms with Crippen molar-refractivity contribution in [2.24, 2.45) is 5.10 Å². The number of hydrogen-bond donors (Lipinski definition) is 2. The number of carbonyl (C=O) groups is 1. The molecule has 1 amide bonds. The molecule has 1 aromatic rings. The summed E-state index contributed by atoms with van der Waals surface area (Å²) in [5.74, 6) is -0.460. The van der Waals surface area contributed by atoms with Crippen molar-refractivity contribution in [1.29, 1.82) is 5.26 Å². The van der Waals surface area contributed by atoms with Crippen LogP contribution in [0.5, 0.6) is 0 Å². The number of nitrogens with zero attached hydrogens (tertiary/aromatic N) is 2. The first kappa shape index (κ1) is 14.4. The van der Waals surface area contributed by atoms with Gasteiger partial charge in [0.25, 0.3) is 5.91 Å². The molecule has 0 aromatic heterocycles. The summed E-state index contributed by atoms with van der Waals surface area (Å²) in [4.78, 5) is 11.5. The van der Waals surface area contributed by atoms with E-state index in [-0.39, 0.29) is 5.71 Å². The number of para-hydroxylation sites is 1. The van der Waals surface area contributed by atoms with Gasteiger partial charge in [-0.3, -0.25) is 10.2 Å². The molecule has 0 saturated heterocycles. The lowest BCUT2D eigenvalue weighted by Crippen LogP contribution is -2.31. The number of anilines is 1. The molecule has 0 aliphatic heterocycles. The van der Waals surface area contributed by atoms with Gasteiger partial charge in [-0.05, 0) is 41.1 Å². The van der Waals surface area contributed by atoms with Gasteiger partial charge in [-0.15, -0.1) is 0 Å². The standard InChI is InChI=1S/C12H13IN4O/c1-2-7-15-12(18)11(8-14)17-16-10-6-4-3-5-9(10)13/h3-6,16H,2,7H2,1H3,(H,15,18). The fourth-order valence-corrected chi connectivity index (χ4v) is 1.62. The third-order valence-electron chi connectivity index (χ3n) is 2.02. The molecule has 5 nitrogen and oxygen atoms in total. The van der Waals surface area contributed by atoms with Gasteiger partial charge in [0.15, 0.2) is 0 Å². The minimum atomic E-state index is -0.460. The second-order valence-electron chi connectivity index (χ2n) is 3.42. The van der Waals surface area contributed by atoms with Gasteiger partial charge in [0.2, 0.25) is 5.71 Å². The van der Waals surface area contributed by atoms with Gasteiger partial charge in [0.1, 0.15) is 6.07 Å². The minimum Gasteiger partial charge on any atom is -0.350 e. The van der Waals surface area contributed by atoms with Gasteiger partial charge in [-0.1, -0.05) is 19.1 Å². The number of nitriles is 1. The summed E-state index contributed by atoms with van der Waals surface area (Å²) < 4.78 is 0.963. The van der Waals surface area contributed by atoms with Crippen LogP contribution in [0.25, 0.3) is 0 Å². The van der Waals surface area contributed by atoms with Crippen molar-refractivity contribution < 1.29 is 4.79 Å². The molecule has 0 spiro atoms. The number of hydrazone groups is 1. The van der Waals surface area contributed by atoms with Crippen molar-refractivity contribution in [2.75, 3.05) is 12.0 Å². The summed E-state index contributed by atoms with van der Waals surface area (Å²) in [6.45, 7) is 2.47. The van der Waals surface area contributed by atoms with Crippen LogP contribution in [0.4, 0.5) is 5.69 Å². The van der Waals surface area contributed by atoms with Crippen LogP contribution in [0.3, 0.4) is 0 Å². The van der Waals surface area contributed by atoms with E-state index in [0.717, 1.165) is 15.7 Å². The SMILES string of the molecule is CCCNC(=O)C(C#N)=NNc1ccccc1I. The predicted octanol–water partition coefficient (Wildman–Crippen LogP) is 2.11. The lowest BCUT2D eigenvalue weighted by atomic mass is 10.3. The Morgan fingerprint density at radius 2 is 2.22 bits per heavy atom. The molecular formula is C12H13IN4O. The number of hydrogen-bond acceptors (Lipinski definition) is 4. The zero-order valence-electron chi connectivity index (χ0n) is 9.90. The summed E-state index contributed by atoms with van der Waals surface area (Å²) >= 11 is 2.14. The van der Waals surface area contributed by atoms with Crippen LogP contribution in [-0.4, -0.2) is 18.2 Å². The fraction of sp³-hybridized carbons (Fsp3) is 0.250. The van der Waals surface area contributed by atoms with E-state index in [2.05, 4.69) is 38.4 Å². The maximum absolute atomic E-state index is 11.5. The molecule has 0 heterocycles. The number of amides is 1. The van der Waals surface area contributed by atoms with Crippen molar-refractivity contribution in [3.8, 4) is 6.07 Å². The van der Waals surface area contributed by atoms with E-state index in [4.69, 9.17) is 5.26 Å². The third kappa shape index (κ3) is 4.33. The van der Waals surface area contributed by atoms with Crippen LogP contribution in [0.1, 0.15) is 13.3 Å². The zero-order valence-corrected chi connectivity index (χ0v) is 12.1. The Morgan fingerprint density at radius 3 is 2.83 bits per heavy atom. The van der Waals surface area contributed by atoms with Gasteiger partial charge in [-0.25, -0.2) is 0 Å². The maximum Gasteiger partial charge on any atom is 0.282 e. The average Bonchev–Trinajstić information content (AvgIpc) is 2.39. The van der Waals surface area contributed by atoms with E-state index < -0.39 is 5.91 Å². The summed E-state index contributed by atoms with van der Waals surface area (Å²) in [5, 5.41) is 15.3. The number of rotatable bonds is 5. The van der Waals surface area contributed by atoms with Crippen LogP contribution in [0.2, 0.25) is 0 Å². The van der Waals surface area contributed by atoms with Crippen LogP contribution < -0.4 is 10.7 Å². The summed E-state index contributed by atoms with van der Waals surface area (Å²) in [7, 11) is 0. The Bertz CT molecular complexity index is 493. The van der Waals surface area contributed by atoms with Crippen molar-refractivity contribution in [1.82, 2.24) is 5.32 Å². The van der Waals surface area contributed by atoms with Crippen molar-refractivity contribution >= 4 is 39.9 Å². The first-order valence-electron chi connectivity index (χ1n) is 5.45. The molecule has 6 heteroatoms. The molecule has 0 unspecified atom stereocenters. The lowest BCUT2D eigenvalue weighted by molar-refractivity contribution is -0.114. The van der Waals surface area contributed by atoms with Crippen LogP contribution >= 0.6 is 22.6 Å². The monoisotopic (exact) mass is 356 g/mol. The fourth-order valence-electron chi connectivity index (χ4n) is 1.12. The Morgan fingerprint density at radius 1 is 1.50 bits per heavy atom. The van der Waals surface area contributed by atoms with Crippen molar-refractivity contribution in [3.63, 3.8) is 0 Å². The number of benzene rings is 1. The normalized spacial score (nSPS) is 10.6. The van der Waals surface area contributed by atoms with Crippen molar-refractivity contribution in [2.45, 2.75) is 13.3 Å². The second kappa shape index (κ2) is 7.66. The summed E-state index contributed by atoms with van der Waals surface area (Å²) in [5.41, 5.74) is 3.30. The number of halogens is 1. The molecule has 0 aliphatic rings. The topological polar surface area (TPSA) is 77.3 Å². The van der Waals surface area contributed by atoms with Gasteiger partial charge < -0.3 is 5.32 Å². The largest absolute Gasteiger partial charge is 0.350 e. The summed E-state index contributed by atoms with van der Waals surface area (Å²) in [6, 6.07) is 9.25. The number of carbonyl (C=O) groups excluding carboxylic acids is 1. The van der Waals surface area contributed by atoms with Gasteiger partial charge in [0.05, 0.1) is 5.69 Å². The van der Waals surface area contributed by atoms with E-state index in [9.17, 15) is 4.79 Å². The molecule has 0 atom stereocenters. The van der Waals surface area contributed by atoms with E-state index in [1.165, 1.54) is 0 Å². The van der Waals surface area contributed by atoms with Crippen LogP contribution in [0.15, 0.2) is 29.4 Å². The van der Waals surface area contributed by atoms with E-state index in [1.807, 2.05) is 31.2 Å². The van der Waals surface area contributed by atoms with Gasteiger partial charge in [-0.2, -0.15) is 10.4 Å². The highest BCUT2D eigenvalue weighted by atomic mass is 127. The molecule has 0 bridgehead atoms. The molecule has 18 heavy (non-hydrogen) atoms. The van der Waals surface area contributed by atoms with E-state index in [0.29, 0.717) is 6.54 Å². The van der Waals surface area contributed by atoms with E-state index >= 15 is 0 Å². The van der Waals surface area contributed by atoms with Crippen molar-refractivity contribution in [3.05, 3.63) is 27.8 Å². The molecule has 0 saturated carbocycles. The molecule has 1 aromatic carbocycles. The molecular weight excluding hydrogens is 343 g/mol. The first-order chi connectivity index (χ1) is 8.69. The number of nitrogens with one attached hydrogen (secondary N) is 2. The zero-order chi connectivity index (χ0) is 13.4.